The van der Waals surface area contributed by atoms with Crippen LogP contribution in [0.25, 0.3) is 0 Å². The second-order valence-corrected chi connectivity index (χ2v) is 1.08. The van der Waals surface area contributed by atoms with Crippen LogP contribution >= 0.6 is 0 Å². The molecule has 3 N–H and O–H groups in total. The van der Waals surface area contributed by atoms with Crippen molar-refractivity contribution >= 4 is 0 Å². The molecule has 1 unspecified atom stereocenters. The first-order valence-electron chi connectivity index (χ1n) is 1.70. The Morgan fingerprint density at radius 1 is 1.67 bits per heavy atom. The van der Waals surface area contributed by atoms with Crippen molar-refractivity contribution in [3.05, 3.63) is 0 Å². The molecular formula is C4H14N2. The Labute approximate surface area is 39.7 Å². The van der Waals surface area contributed by atoms with Crippen LogP contribution < -0.4 is 11.1 Å². The molecule has 2 nitrogen and oxygen atoms in total. The molecule has 0 aromatic heterocycles. The third-order valence-corrected chi connectivity index (χ3v) is 0.455. The van der Waals surface area contributed by atoms with Gasteiger partial charge in [0.1, 0.15) is 0 Å². The first-order chi connectivity index (χ1) is 2.27. The summed E-state index contributed by atoms with van der Waals surface area (Å²) in [6.07, 6.45) is 0.134. The number of hydrogen-bond donors (Lipinski definition) is 2. The van der Waals surface area contributed by atoms with Gasteiger partial charge in [-0.2, -0.15) is 0 Å². The van der Waals surface area contributed by atoms with E-state index in [1.165, 1.54) is 0 Å². The number of rotatable bonds is 1. The molecule has 40 valence electrons. The molecule has 1 atom stereocenters. The summed E-state index contributed by atoms with van der Waals surface area (Å²) in [7, 11) is 1.82. The molecule has 0 aromatic rings. The van der Waals surface area contributed by atoms with E-state index in [1.807, 2.05) is 14.0 Å². The standard InChI is InChI=1S/C3H10N2.CH4/c1-3(4)5-2;/h3,5H,4H2,1-2H3;1H4. The van der Waals surface area contributed by atoms with Crippen LogP contribution in [-0.2, 0) is 0 Å². The Bertz CT molecular complexity index is 19.5. The molecule has 0 bridgehead atoms. The van der Waals surface area contributed by atoms with Gasteiger partial charge in [0.2, 0.25) is 0 Å². The monoisotopic (exact) mass is 90.1 g/mol. The van der Waals surface area contributed by atoms with Gasteiger partial charge in [0, 0.05) is 0 Å². The number of nitrogens with two attached hydrogens (primary N) is 1. The normalized spacial score (nSPS) is 12.5. The molecule has 0 rings (SSSR count). The van der Waals surface area contributed by atoms with Gasteiger partial charge >= 0.3 is 0 Å². The summed E-state index contributed by atoms with van der Waals surface area (Å²) in [4.78, 5) is 0. The Kier molecular flexibility index (Phi) is 7.65. The Hall–Kier alpha value is -0.0800. The minimum atomic E-state index is 0. The van der Waals surface area contributed by atoms with Gasteiger partial charge < -0.3 is 11.1 Å². The summed E-state index contributed by atoms with van der Waals surface area (Å²) >= 11 is 0. The molecule has 0 spiro atoms. The van der Waals surface area contributed by atoms with Crippen LogP contribution in [0, 0.1) is 0 Å². The largest absolute Gasteiger partial charge is 0.316 e. The third kappa shape index (κ3) is 9.07. The smallest absolute Gasteiger partial charge is 0.0514 e. The van der Waals surface area contributed by atoms with Crippen LogP contribution in [-0.4, -0.2) is 13.2 Å². The topological polar surface area (TPSA) is 38.0 Å². The summed E-state index contributed by atoms with van der Waals surface area (Å²) in [5, 5.41) is 2.81. The Morgan fingerprint density at radius 2 is 1.83 bits per heavy atom. The van der Waals surface area contributed by atoms with Crippen molar-refractivity contribution in [2.75, 3.05) is 7.05 Å². The van der Waals surface area contributed by atoms with E-state index in [4.69, 9.17) is 5.73 Å². The van der Waals surface area contributed by atoms with E-state index in [9.17, 15) is 0 Å². The Balaban J connectivity index is 0. The lowest BCUT2D eigenvalue weighted by atomic mass is 10.6. The van der Waals surface area contributed by atoms with Crippen molar-refractivity contribution in [3.8, 4) is 0 Å². The van der Waals surface area contributed by atoms with E-state index in [1.54, 1.807) is 0 Å². The minimum absolute atomic E-state index is 0. The van der Waals surface area contributed by atoms with Crippen molar-refractivity contribution in [1.29, 1.82) is 0 Å². The van der Waals surface area contributed by atoms with Crippen LogP contribution in [0.3, 0.4) is 0 Å². The first kappa shape index (κ1) is 9.33. The summed E-state index contributed by atoms with van der Waals surface area (Å²) < 4.78 is 0. The summed E-state index contributed by atoms with van der Waals surface area (Å²) in [5.41, 5.74) is 5.18. The Morgan fingerprint density at radius 3 is 1.83 bits per heavy atom. The van der Waals surface area contributed by atoms with E-state index in [2.05, 4.69) is 5.32 Å². The molecule has 0 saturated carbocycles. The van der Waals surface area contributed by atoms with E-state index in [0.29, 0.717) is 0 Å². The lowest BCUT2D eigenvalue weighted by Gasteiger charge is -1.96. The van der Waals surface area contributed by atoms with Crippen molar-refractivity contribution < 1.29 is 0 Å². The van der Waals surface area contributed by atoms with Gasteiger partial charge in [-0.15, -0.1) is 0 Å². The van der Waals surface area contributed by atoms with Gasteiger partial charge in [-0.1, -0.05) is 7.43 Å². The van der Waals surface area contributed by atoms with Gasteiger partial charge in [-0.05, 0) is 14.0 Å². The molecular weight excluding hydrogens is 76.1 g/mol. The molecule has 6 heavy (non-hydrogen) atoms. The number of hydrogen-bond acceptors (Lipinski definition) is 2. The lowest BCUT2D eigenvalue weighted by Crippen LogP contribution is -2.30. The summed E-state index contributed by atoms with van der Waals surface area (Å²) in [6, 6.07) is 0. The predicted molar refractivity (Wildman–Crippen MR) is 29.4 cm³/mol. The van der Waals surface area contributed by atoms with Crippen LogP contribution in [0.4, 0.5) is 0 Å². The van der Waals surface area contributed by atoms with Gasteiger partial charge in [-0.25, -0.2) is 0 Å². The van der Waals surface area contributed by atoms with Gasteiger partial charge in [0.15, 0.2) is 0 Å². The maximum Gasteiger partial charge on any atom is 0.0514 e. The second-order valence-electron chi connectivity index (χ2n) is 1.08. The maximum absolute atomic E-state index is 5.18. The highest BCUT2D eigenvalue weighted by atomic mass is 15.0. The van der Waals surface area contributed by atoms with E-state index < -0.39 is 0 Å². The zero-order chi connectivity index (χ0) is 4.28. The van der Waals surface area contributed by atoms with Crippen LogP contribution in [0.15, 0.2) is 0 Å². The fourth-order valence-corrected chi connectivity index (χ4v) is 0. The molecule has 2 heteroatoms. The lowest BCUT2D eigenvalue weighted by molar-refractivity contribution is 0.639. The molecule has 0 aliphatic rings. The maximum atomic E-state index is 5.18. The molecule has 0 heterocycles. The number of nitrogens with one attached hydrogen (secondary N) is 1. The van der Waals surface area contributed by atoms with Crippen molar-refractivity contribution in [1.82, 2.24) is 5.32 Å². The molecule has 0 aromatic carbocycles. The molecule has 0 radical (unpaired) electrons. The molecule has 0 aliphatic carbocycles. The van der Waals surface area contributed by atoms with Crippen molar-refractivity contribution in [2.45, 2.75) is 20.5 Å². The van der Waals surface area contributed by atoms with Crippen LogP contribution in [0.5, 0.6) is 0 Å². The summed E-state index contributed by atoms with van der Waals surface area (Å²) in [6.45, 7) is 1.89. The van der Waals surface area contributed by atoms with Gasteiger partial charge in [0.25, 0.3) is 0 Å². The second kappa shape index (κ2) is 4.92. The third-order valence-electron chi connectivity index (χ3n) is 0.455. The SMILES string of the molecule is C.CNC(C)N. The quantitative estimate of drug-likeness (QED) is 0.450. The van der Waals surface area contributed by atoms with Crippen LogP contribution in [0.2, 0.25) is 0 Å². The summed E-state index contributed by atoms with van der Waals surface area (Å²) in [5.74, 6) is 0. The van der Waals surface area contributed by atoms with Gasteiger partial charge in [0.05, 0.1) is 6.17 Å². The fraction of sp³-hybridized carbons (Fsp3) is 1.00. The minimum Gasteiger partial charge on any atom is -0.316 e. The molecule has 0 fully saturated rings. The highest BCUT2D eigenvalue weighted by Crippen LogP contribution is 1.52. The van der Waals surface area contributed by atoms with Crippen LogP contribution in [0.1, 0.15) is 14.4 Å². The average molecular weight is 90.2 g/mol. The van der Waals surface area contributed by atoms with Gasteiger partial charge in [-0.3, -0.25) is 0 Å². The van der Waals surface area contributed by atoms with E-state index in [-0.39, 0.29) is 13.6 Å². The van der Waals surface area contributed by atoms with E-state index in [0.717, 1.165) is 0 Å². The zero-order valence-electron chi connectivity index (χ0n) is 3.65. The average Bonchev–Trinajstić information content (AvgIpc) is 1.38. The first-order valence-corrected chi connectivity index (χ1v) is 1.70. The molecule has 0 saturated heterocycles. The highest BCUT2D eigenvalue weighted by molar-refractivity contribution is 4.37. The molecule has 0 amide bonds. The van der Waals surface area contributed by atoms with E-state index >= 15 is 0 Å². The van der Waals surface area contributed by atoms with Crippen molar-refractivity contribution in [3.63, 3.8) is 0 Å². The predicted octanol–water partition coefficient (Wildman–Crippen LogP) is 0.147. The highest BCUT2D eigenvalue weighted by Gasteiger charge is 1.76. The van der Waals surface area contributed by atoms with Crippen molar-refractivity contribution in [2.24, 2.45) is 5.73 Å². The zero-order valence-corrected chi connectivity index (χ0v) is 3.65. The fourth-order valence-electron chi connectivity index (χ4n) is 0. The molecule has 0 aliphatic heterocycles.